The van der Waals surface area contributed by atoms with Crippen LogP contribution in [0.3, 0.4) is 0 Å². The molecule has 2 aromatic rings. The van der Waals surface area contributed by atoms with Gasteiger partial charge in [-0.3, -0.25) is 0 Å². The number of anilines is 1. The molecule has 0 aliphatic heterocycles. The van der Waals surface area contributed by atoms with Crippen molar-refractivity contribution < 1.29 is 5.11 Å². The van der Waals surface area contributed by atoms with E-state index >= 15 is 0 Å². The molecule has 0 aromatic heterocycles. The minimum absolute atomic E-state index is 0.314. The molecule has 0 fully saturated rings. The fourth-order valence-corrected chi connectivity index (χ4v) is 2.29. The zero-order valence-corrected chi connectivity index (χ0v) is 11.6. The maximum absolute atomic E-state index is 9.46. The molecule has 2 nitrogen and oxygen atoms in total. The Kier molecular flexibility index (Phi) is 4.45. The predicted molar refractivity (Wildman–Crippen MR) is 80.6 cm³/mol. The lowest BCUT2D eigenvalue weighted by atomic mass is 10.0. The van der Waals surface area contributed by atoms with Crippen LogP contribution in [0.2, 0.25) is 0 Å². The van der Waals surface area contributed by atoms with E-state index in [0.29, 0.717) is 11.8 Å². The molecule has 0 saturated carbocycles. The van der Waals surface area contributed by atoms with Crippen molar-refractivity contribution in [1.29, 1.82) is 0 Å². The minimum Gasteiger partial charge on any atom is -0.508 e. The molecule has 0 aliphatic carbocycles. The van der Waals surface area contributed by atoms with Gasteiger partial charge in [0.25, 0.3) is 0 Å². The van der Waals surface area contributed by atoms with Crippen molar-refractivity contribution in [2.45, 2.75) is 32.7 Å². The molecule has 0 aliphatic rings. The first kappa shape index (κ1) is 13.5. The molecule has 1 atom stereocenters. The van der Waals surface area contributed by atoms with Crippen LogP contribution in [-0.2, 0) is 0 Å². The van der Waals surface area contributed by atoms with Gasteiger partial charge in [-0.2, -0.15) is 0 Å². The van der Waals surface area contributed by atoms with Gasteiger partial charge in [-0.15, -0.1) is 0 Å². The quantitative estimate of drug-likeness (QED) is 0.762. The van der Waals surface area contributed by atoms with Crippen molar-refractivity contribution >= 4 is 5.69 Å². The van der Waals surface area contributed by atoms with Crippen molar-refractivity contribution in [3.63, 3.8) is 0 Å². The largest absolute Gasteiger partial charge is 0.508 e. The van der Waals surface area contributed by atoms with Gasteiger partial charge in [0.15, 0.2) is 0 Å². The highest BCUT2D eigenvalue weighted by molar-refractivity contribution is 5.54. The Hall–Kier alpha value is -1.96. The smallest absolute Gasteiger partial charge is 0.115 e. The van der Waals surface area contributed by atoms with Gasteiger partial charge in [-0.1, -0.05) is 43.7 Å². The summed E-state index contributed by atoms with van der Waals surface area (Å²) in [7, 11) is 0. The Bertz CT molecular complexity index is 522. The van der Waals surface area contributed by atoms with Gasteiger partial charge in [0.2, 0.25) is 0 Å². The average molecular weight is 255 g/mol. The lowest BCUT2D eigenvalue weighted by Gasteiger charge is -2.21. The Morgan fingerprint density at radius 1 is 1.11 bits per heavy atom. The van der Waals surface area contributed by atoms with E-state index in [0.717, 1.165) is 24.1 Å². The van der Waals surface area contributed by atoms with Gasteiger partial charge in [-0.25, -0.2) is 0 Å². The lowest BCUT2D eigenvalue weighted by molar-refractivity contribution is 0.475. The standard InChI is InChI=1S/C17H21NO/c1-3-7-17(14-8-5-4-6-9-14)18-16-11-10-15(19)12-13(16)2/h4-6,8-12,17-19H,3,7H2,1-2H3. The second kappa shape index (κ2) is 6.28. The fourth-order valence-electron chi connectivity index (χ4n) is 2.29. The van der Waals surface area contributed by atoms with Gasteiger partial charge in [-0.05, 0) is 42.7 Å². The Labute approximate surface area is 115 Å². The molecular weight excluding hydrogens is 234 g/mol. The van der Waals surface area contributed by atoms with Crippen LogP contribution in [0, 0.1) is 6.92 Å². The Morgan fingerprint density at radius 2 is 1.84 bits per heavy atom. The van der Waals surface area contributed by atoms with Crippen LogP contribution in [0.25, 0.3) is 0 Å². The van der Waals surface area contributed by atoms with Gasteiger partial charge in [0, 0.05) is 5.69 Å². The number of phenolic OH excluding ortho intramolecular Hbond substituents is 1. The molecule has 0 bridgehead atoms. The van der Waals surface area contributed by atoms with Gasteiger partial charge in [0.1, 0.15) is 5.75 Å². The van der Waals surface area contributed by atoms with E-state index in [1.165, 1.54) is 5.56 Å². The molecule has 0 spiro atoms. The van der Waals surface area contributed by atoms with E-state index in [1.807, 2.05) is 19.1 Å². The summed E-state index contributed by atoms with van der Waals surface area (Å²) >= 11 is 0. The number of nitrogens with one attached hydrogen (secondary N) is 1. The molecule has 1 unspecified atom stereocenters. The summed E-state index contributed by atoms with van der Waals surface area (Å²) in [4.78, 5) is 0. The third-order valence-corrected chi connectivity index (χ3v) is 3.32. The van der Waals surface area contributed by atoms with Crippen LogP contribution in [0.1, 0.15) is 36.9 Å². The number of hydrogen-bond acceptors (Lipinski definition) is 2. The third kappa shape index (κ3) is 3.50. The van der Waals surface area contributed by atoms with Crippen molar-refractivity contribution in [2.75, 3.05) is 5.32 Å². The summed E-state index contributed by atoms with van der Waals surface area (Å²) in [5, 5.41) is 13.0. The van der Waals surface area contributed by atoms with Crippen LogP contribution < -0.4 is 5.32 Å². The first-order valence-electron chi connectivity index (χ1n) is 6.82. The molecule has 2 heteroatoms. The molecule has 0 saturated heterocycles. The first-order valence-corrected chi connectivity index (χ1v) is 6.82. The monoisotopic (exact) mass is 255 g/mol. The molecule has 0 heterocycles. The Morgan fingerprint density at radius 3 is 2.47 bits per heavy atom. The van der Waals surface area contributed by atoms with E-state index in [4.69, 9.17) is 0 Å². The van der Waals surface area contributed by atoms with E-state index in [9.17, 15) is 5.11 Å². The maximum atomic E-state index is 9.46. The molecule has 2 rings (SSSR count). The number of hydrogen-bond donors (Lipinski definition) is 2. The first-order chi connectivity index (χ1) is 9.20. The summed E-state index contributed by atoms with van der Waals surface area (Å²) in [5.74, 6) is 0.315. The molecule has 2 N–H and O–H groups in total. The molecule has 100 valence electrons. The number of benzene rings is 2. The molecule has 2 aromatic carbocycles. The van der Waals surface area contributed by atoms with E-state index in [1.54, 1.807) is 12.1 Å². The van der Waals surface area contributed by atoms with E-state index < -0.39 is 0 Å². The number of aromatic hydroxyl groups is 1. The lowest BCUT2D eigenvalue weighted by Crippen LogP contribution is -2.11. The second-order valence-corrected chi connectivity index (χ2v) is 4.90. The van der Waals surface area contributed by atoms with Gasteiger partial charge in [0.05, 0.1) is 6.04 Å². The van der Waals surface area contributed by atoms with Crippen LogP contribution in [0.15, 0.2) is 48.5 Å². The van der Waals surface area contributed by atoms with E-state index in [2.05, 4.69) is 36.5 Å². The van der Waals surface area contributed by atoms with Crippen LogP contribution >= 0.6 is 0 Å². The fraction of sp³-hybridized carbons (Fsp3) is 0.294. The van der Waals surface area contributed by atoms with E-state index in [-0.39, 0.29) is 0 Å². The molecular formula is C17H21NO. The molecule has 19 heavy (non-hydrogen) atoms. The van der Waals surface area contributed by atoms with Crippen molar-refractivity contribution in [3.05, 3.63) is 59.7 Å². The average Bonchev–Trinajstić information content (AvgIpc) is 2.42. The number of aryl methyl sites for hydroxylation is 1. The predicted octanol–water partition coefficient (Wildman–Crippen LogP) is 4.65. The van der Waals surface area contributed by atoms with Crippen LogP contribution in [-0.4, -0.2) is 5.11 Å². The highest BCUT2D eigenvalue weighted by Crippen LogP contribution is 2.27. The van der Waals surface area contributed by atoms with Crippen LogP contribution in [0.4, 0.5) is 5.69 Å². The summed E-state index contributed by atoms with van der Waals surface area (Å²) < 4.78 is 0. The van der Waals surface area contributed by atoms with Crippen molar-refractivity contribution in [2.24, 2.45) is 0 Å². The topological polar surface area (TPSA) is 32.3 Å². The zero-order chi connectivity index (χ0) is 13.7. The van der Waals surface area contributed by atoms with Gasteiger partial charge >= 0.3 is 0 Å². The minimum atomic E-state index is 0.314. The third-order valence-electron chi connectivity index (χ3n) is 3.32. The summed E-state index contributed by atoms with van der Waals surface area (Å²) in [6.45, 7) is 4.21. The number of phenols is 1. The highest BCUT2D eigenvalue weighted by Gasteiger charge is 2.11. The zero-order valence-electron chi connectivity index (χ0n) is 11.6. The summed E-state index contributed by atoms with van der Waals surface area (Å²) in [6, 6.07) is 16.3. The Balaban J connectivity index is 2.21. The second-order valence-electron chi connectivity index (χ2n) is 4.90. The van der Waals surface area contributed by atoms with Crippen molar-refractivity contribution in [1.82, 2.24) is 0 Å². The summed E-state index contributed by atoms with van der Waals surface area (Å²) in [5.41, 5.74) is 3.45. The van der Waals surface area contributed by atoms with Crippen molar-refractivity contribution in [3.8, 4) is 5.75 Å². The normalized spacial score (nSPS) is 12.1. The highest BCUT2D eigenvalue weighted by atomic mass is 16.3. The SMILES string of the molecule is CCCC(Nc1ccc(O)cc1C)c1ccccc1. The summed E-state index contributed by atoms with van der Waals surface area (Å²) in [6.07, 6.45) is 2.22. The maximum Gasteiger partial charge on any atom is 0.115 e. The molecule has 0 radical (unpaired) electrons. The van der Waals surface area contributed by atoms with Gasteiger partial charge < -0.3 is 10.4 Å². The van der Waals surface area contributed by atoms with Crippen LogP contribution in [0.5, 0.6) is 5.75 Å². The molecule has 0 amide bonds. The number of rotatable bonds is 5.